The Morgan fingerprint density at radius 3 is 2.53 bits per heavy atom. The van der Waals surface area contributed by atoms with Crippen LogP contribution in [0.2, 0.25) is 0 Å². The molecule has 0 amide bonds. The first-order valence-corrected chi connectivity index (χ1v) is 8.69. The molecule has 0 saturated heterocycles. The van der Waals surface area contributed by atoms with Crippen molar-refractivity contribution in [1.82, 2.24) is 0 Å². The van der Waals surface area contributed by atoms with Crippen molar-refractivity contribution in [3.05, 3.63) is 58.3 Å². The quantitative estimate of drug-likeness (QED) is 0.833. The molecule has 0 aliphatic carbocycles. The molecular formula is C14H17O3PS. The molecule has 0 radical (unpaired) electrons. The van der Waals surface area contributed by atoms with Gasteiger partial charge in [0.2, 0.25) is 0 Å². The monoisotopic (exact) mass is 296 g/mol. The average Bonchev–Trinajstić information content (AvgIpc) is 2.81. The Balaban J connectivity index is 2.11. The van der Waals surface area contributed by atoms with Crippen LogP contribution in [0.25, 0.3) is 0 Å². The Morgan fingerprint density at radius 2 is 1.95 bits per heavy atom. The summed E-state index contributed by atoms with van der Waals surface area (Å²) >= 11 is 1.55. The van der Waals surface area contributed by atoms with Crippen LogP contribution in [0.1, 0.15) is 25.0 Å². The van der Waals surface area contributed by atoms with E-state index in [-0.39, 0.29) is 6.16 Å². The van der Waals surface area contributed by atoms with Crippen molar-refractivity contribution in [1.29, 1.82) is 0 Å². The van der Waals surface area contributed by atoms with Gasteiger partial charge in [-0.05, 0) is 41.8 Å². The van der Waals surface area contributed by atoms with Gasteiger partial charge in [0.15, 0.2) is 0 Å². The van der Waals surface area contributed by atoms with Gasteiger partial charge in [-0.15, -0.1) is 0 Å². The molecular weight excluding hydrogens is 279 g/mol. The van der Waals surface area contributed by atoms with Gasteiger partial charge in [-0.1, -0.05) is 30.3 Å². The molecule has 3 nitrogen and oxygen atoms in total. The summed E-state index contributed by atoms with van der Waals surface area (Å²) < 4.78 is 17.7. The largest absolute Gasteiger partial charge is 0.333 e. The molecule has 0 fully saturated rings. The van der Waals surface area contributed by atoms with Crippen molar-refractivity contribution in [2.24, 2.45) is 0 Å². The number of hydrogen-bond acceptors (Lipinski definition) is 3. The predicted octanol–water partition coefficient (Wildman–Crippen LogP) is 4.39. The molecule has 1 N–H and O–H groups in total. The first-order valence-electron chi connectivity index (χ1n) is 5.98. The summed E-state index contributed by atoms with van der Waals surface area (Å²) in [5, 5.41) is 3.86. The van der Waals surface area contributed by atoms with Crippen molar-refractivity contribution < 1.29 is 14.0 Å². The second kappa shape index (κ2) is 5.59. The van der Waals surface area contributed by atoms with Gasteiger partial charge in [0.05, 0.1) is 11.8 Å². The molecule has 1 unspecified atom stereocenters. The van der Waals surface area contributed by atoms with E-state index < -0.39 is 13.2 Å². The van der Waals surface area contributed by atoms with E-state index in [4.69, 9.17) is 4.52 Å². The lowest BCUT2D eigenvalue weighted by molar-refractivity contribution is 0.0908. The number of rotatable bonds is 5. The van der Waals surface area contributed by atoms with Crippen LogP contribution in [0.5, 0.6) is 0 Å². The van der Waals surface area contributed by atoms with Crippen molar-refractivity contribution in [2.45, 2.75) is 25.6 Å². The highest BCUT2D eigenvalue weighted by Crippen LogP contribution is 2.51. The molecule has 102 valence electrons. The van der Waals surface area contributed by atoms with Gasteiger partial charge in [-0.3, -0.25) is 9.09 Å². The fourth-order valence-electron chi connectivity index (χ4n) is 1.86. The molecule has 0 aliphatic heterocycles. The molecule has 0 bridgehead atoms. The third-order valence-electron chi connectivity index (χ3n) is 2.81. The number of thiophene rings is 1. The van der Waals surface area contributed by atoms with E-state index in [2.05, 4.69) is 0 Å². The number of hydrogen-bond donors (Lipinski definition) is 1. The SMILES string of the molecule is CC(C)(OP(=O)(O)Cc1ccccc1)c1ccsc1. The Morgan fingerprint density at radius 1 is 1.26 bits per heavy atom. The predicted molar refractivity (Wildman–Crippen MR) is 78.4 cm³/mol. The van der Waals surface area contributed by atoms with E-state index in [1.54, 1.807) is 11.3 Å². The minimum absolute atomic E-state index is 0.0292. The smallest absolute Gasteiger partial charge is 0.324 e. The van der Waals surface area contributed by atoms with Crippen molar-refractivity contribution in [3.8, 4) is 0 Å². The molecule has 0 saturated carbocycles. The molecule has 1 atom stereocenters. The summed E-state index contributed by atoms with van der Waals surface area (Å²) in [6, 6.07) is 11.1. The van der Waals surface area contributed by atoms with E-state index in [0.29, 0.717) is 0 Å². The van der Waals surface area contributed by atoms with Crippen molar-refractivity contribution >= 4 is 18.9 Å². The fraction of sp³-hybridized carbons (Fsp3) is 0.286. The van der Waals surface area contributed by atoms with E-state index in [1.807, 2.05) is 61.0 Å². The first-order chi connectivity index (χ1) is 8.89. The lowest BCUT2D eigenvalue weighted by Gasteiger charge is -2.27. The van der Waals surface area contributed by atoms with E-state index in [0.717, 1.165) is 11.1 Å². The summed E-state index contributed by atoms with van der Waals surface area (Å²) in [7, 11) is -3.67. The van der Waals surface area contributed by atoms with Gasteiger partial charge in [0, 0.05) is 0 Å². The minimum Gasteiger partial charge on any atom is -0.324 e. The second-order valence-corrected chi connectivity index (χ2v) is 7.45. The maximum atomic E-state index is 12.2. The lowest BCUT2D eigenvalue weighted by Crippen LogP contribution is -2.19. The van der Waals surface area contributed by atoms with Gasteiger partial charge < -0.3 is 4.89 Å². The average molecular weight is 296 g/mol. The summed E-state index contributed by atoms with van der Waals surface area (Å²) in [6.07, 6.45) is 0.0292. The number of benzene rings is 1. The summed E-state index contributed by atoms with van der Waals surface area (Å²) in [6.45, 7) is 3.62. The molecule has 1 aromatic heterocycles. The topological polar surface area (TPSA) is 46.5 Å². The van der Waals surface area contributed by atoms with E-state index in [1.165, 1.54) is 0 Å². The maximum absolute atomic E-state index is 12.2. The van der Waals surface area contributed by atoms with Gasteiger partial charge in [0.1, 0.15) is 0 Å². The molecule has 2 rings (SSSR count). The Labute approximate surface area is 117 Å². The van der Waals surface area contributed by atoms with Crippen LogP contribution < -0.4 is 0 Å². The van der Waals surface area contributed by atoms with Crippen LogP contribution >= 0.6 is 18.9 Å². The van der Waals surface area contributed by atoms with Gasteiger partial charge in [-0.25, -0.2) is 0 Å². The van der Waals surface area contributed by atoms with E-state index in [9.17, 15) is 9.46 Å². The Kier molecular flexibility index (Phi) is 4.26. The fourth-order valence-corrected chi connectivity index (χ4v) is 4.23. The van der Waals surface area contributed by atoms with Gasteiger partial charge >= 0.3 is 7.60 Å². The van der Waals surface area contributed by atoms with Gasteiger partial charge in [-0.2, -0.15) is 11.3 Å². The molecule has 2 aromatic rings. The molecule has 0 aliphatic rings. The molecule has 5 heteroatoms. The normalized spacial score (nSPS) is 15.1. The maximum Gasteiger partial charge on any atom is 0.333 e. The summed E-state index contributed by atoms with van der Waals surface area (Å²) in [5.41, 5.74) is 0.952. The molecule has 0 spiro atoms. The third kappa shape index (κ3) is 4.02. The lowest BCUT2D eigenvalue weighted by atomic mass is 10.0. The zero-order valence-corrected chi connectivity index (χ0v) is 12.7. The van der Waals surface area contributed by atoms with Crippen LogP contribution in [0.3, 0.4) is 0 Å². The van der Waals surface area contributed by atoms with Crippen LogP contribution in [-0.2, 0) is 20.9 Å². The third-order valence-corrected chi connectivity index (χ3v) is 5.00. The summed E-state index contributed by atoms with van der Waals surface area (Å²) in [4.78, 5) is 10.0. The minimum atomic E-state index is -3.67. The Hall–Kier alpha value is -0.930. The first kappa shape index (κ1) is 14.5. The highest BCUT2D eigenvalue weighted by Gasteiger charge is 2.32. The van der Waals surface area contributed by atoms with Gasteiger partial charge in [0.25, 0.3) is 0 Å². The van der Waals surface area contributed by atoms with Crippen LogP contribution in [0, 0.1) is 0 Å². The Bertz CT molecular complexity index is 564. The second-order valence-electron chi connectivity index (χ2n) is 4.89. The zero-order chi connectivity index (χ0) is 13.9. The molecule has 19 heavy (non-hydrogen) atoms. The zero-order valence-electron chi connectivity index (χ0n) is 10.9. The van der Waals surface area contributed by atoms with Crippen LogP contribution in [0.15, 0.2) is 47.2 Å². The molecule has 1 heterocycles. The van der Waals surface area contributed by atoms with E-state index >= 15 is 0 Å². The van der Waals surface area contributed by atoms with Crippen molar-refractivity contribution in [3.63, 3.8) is 0 Å². The highest BCUT2D eigenvalue weighted by molar-refractivity contribution is 7.52. The highest BCUT2D eigenvalue weighted by atomic mass is 32.1. The summed E-state index contributed by atoms with van der Waals surface area (Å²) in [5.74, 6) is 0. The molecule has 1 aromatic carbocycles. The van der Waals surface area contributed by atoms with Crippen LogP contribution in [0.4, 0.5) is 0 Å². The van der Waals surface area contributed by atoms with Crippen LogP contribution in [-0.4, -0.2) is 4.89 Å². The standard InChI is InChI=1S/C14H17O3PS/c1-14(2,13-8-9-19-11-13)17-18(15,16)10-12-6-4-3-5-7-12/h3-9,11H,10H2,1-2H3,(H,15,16). The van der Waals surface area contributed by atoms with Crippen molar-refractivity contribution in [2.75, 3.05) is 0 Å².